The average molecular weight is 370 g/mol. The molecule has 2 bridgehead atoms. The van der Waals surface area contributed by atoms with E-state index in [2.05, 4.69) is 44.5 Å². The van der Waals surface area contributed by atoms with Gasteiger partial charge in [0, 0.05) is 30.2 Å². The van der Waals surface area contributed by atoms with Crippen LogP contribution in [0.3, 0.4) is 0 Å². The number of piperidine rings is 3. The Hall–Kier alpha value is -1.78. The van der Waals surface area contributed by atoms with Gasteiger partial charge >= 0.3 is 0 Å². The Morgan fingerprint density at radius 3 is 2.62 bits per heavy atom. The third-order valence-corrected chi connectivity index (χ3v) is 6.83. The lowest BCUT2D eigenvalue weighted by atomic mass is 9.83. The molecule has 1 atom stereocenters. The van der Waals surface area contributed by atoms with Gasteiger partial charge < -0.3 is 14.0 Å². The van der Waals surface area contributed by atoms with Gasteiger partial charge in [-0.05, 0) is 56.3 Å². The van der Waals surface area contributed by atoms with E-state index >= 15 is 0 Å². The molecule has 4 aliphatic heterocycles. The number of aryl methyl sites for hydroxylation is 2. The van der Waals surface area contributed by atoms with Crippen LogP contribution in [0, 0.1) is 5.92 Å². The maximum atomic E-state index is 13.6. The molecule has 0 spiro atoms. The summed E-state index contributed by atoms with van der Waals surface area (Å²) in [7, 11) is 0. The molecule has 0 unspecified atom stereocenters. The van der Waals surface area contributed by atoms with Crippen LogP contribution in [0.15, 0.2) is 35.3 Å². The number of para-hydroxylation sites is 1. The SMILES string of the molecule is Cl.O=c1c2c3ccccc3n3c2c(cn1[C@@H]1CN2CCC1CC2)CCC3. The quantitative estimate of drug-likeness (QED) is 0.656. The number of hydrogen-bond donors (Lipinski definition) is 0. The Morgan fingerprint density at radius 1 is 1.04 bits per heavy atom. The Kier molecular flexibility index (Phi) is 3.70. The van der Waals surface area contributed by atoms with Crippen LogP contribution in [-0.2, 0) is 13.0 Å². The van der Waals surface area contributed by atoms with Crippen LogP contribution >= 0.6 is 12.4 Å². The van der Waals surface area contributed by atoms with Crippen molar-refractivity contribution in [2.45, 2.75) is 38.3 Å². The van der Waals surface area contributed by atoms with Gasteiger partial charge in [-0.25, -0.2) is 0 Å². The smallest absolute Gasteiger partial charge is 0.260 e. The van der Waals surface area contributed by atoms with Crippen molar-refractivity contribution >= 4 is 34.2 Å². The highest BCUT2D eigenvalue weighted by atomic mass is 35.5. The molecule has 1 aromatic carbocycles. The number of hydrogen-bond acceptors (Lipinski definition) is 2. The molecule has 4 aliphatic rings. The molecule has 3 saturated heterocycles. The van der Waals surface area contributed by atoms with E-state index in [1.807, 2.05) is 0 Å². The zero-order chi connectivity index (χ0) is 16.5. The van der Waals surface area contributed by atoms with E-state index in [1.54, 1.807) is 0 Å². The van der Waals surface area contributed by atoms with Crippen molar-refractivity contribution in [3.05, 3.63) is 46.4 Å². The largest absolute Gasteiger partial charge is 0.340 e. The van der Waals surface area contributed by atoms with Gasteiger partial charge in [0.25, 0.3) is 5.56 Å². The van der Waals surface area contributed by atoms with Crippen molar-refractivity contribution in [1.82, 2.24) is 14.0 Å². The summed E-state index contributed by atoms with van der Waals surface area (Å²) in [5, 5.41) is 2.10. The first-order valence-corrected chi connectivity index (χ1v) is 9.68. The molecule has 3 fully saturated rings. The predicted octanol–water partition coefficient (Wildman–Crippen LogP) is 3.59. The topological polar surface area (TPSA) is 30.2 Å². The third kappa shape index (κ3) is 2.09. The fourth-order valence-electron chi connectivity index (χ4n) is 5.61. The van der Waals surface area contributed by atoms with Crippen molar-refractivity contribution in [2.75, 3.05) is 19.6 Å². The molecule has 26 heavy (non-hydrogen) atoms. The van der Waals surface area contributed by atoms with Gasteiger partial charge in [0.05, 0.1) is 16.9 Å². The van der Waals surface area contributed by atoms with E-state index in [0.29, 0.717) is 12.0 Å². The molecule has 0 saturated carbocycles. The van der Waals surface area contributed by atoms with Crippen LogP contribution < -0.4 is 5.56 Å². The molecule has 5 heteroatoms. The molecule has 6 heterocycles. The fraction of sp³-hybridized carbons (Fsp3) is 0.476. The fourth-order valence-corrected chi connectivity index (χ4v) is 5.61. The van der Waals surface area contributed by atoms with Crippen LogP contribution in [-0.4, -0.2) is 33.7 Å². The molecule has 4 nitrogen and oxygen atoms in total. The number of pyridine rings is 1. The third-order valence-electron chi connectivity index (χ3n) is 6.83. The molecule has 2 aromatic heterocycles. The molecular formula is C21H24ClN3O. The highest BCUT2D eigenvalue weighted by molar-refractivity contribution is 6.08. The molecule has 0 amide bonds. The number of rotatable bonds is 1. The Balaban J connectivity index is 0.00000150. The Labute approximate surface area is 158 Å². The second-order valence-electron chi connectivity index (χ2n) is 8.07. The first-order chi connectivity index (χ1) is 12.3. The first-order valence-electron chi connectivity index (χ1n) is 9.68. The minimum atomic E-state index is 0. The van der Waals surface area contributed by atoms with E-state index in [1.165, 1.54) is 48.9 Å². The van der Waals surface area contributed by atoms with Crippen molar-refractivity contribution in [3.63, 3.8) is 0 Å². The minimum absolute atomic E-state index is 0. The van der Waals surface area contributed by atoms with Crippen LogP contribution in [0.1, 0.15) is 30.9 Å². The molecule has 0 N–H and O–H groups in total. The maximum Gasteiger partial charge on any atom is 0.260 e. The number of fused-ring (bicyclic) bond motifs is 6. The summed E-state index contributed by atoms with van der Waals surface area (Å²) >= 11 is 0. The average Bonchev–Trinajstić information content (AvgIpc) is 3.02. The predicted molar refractivity (Wildman–Crippen MR) is 107 cm³/mol. The number of aromatic nitrogens is 2. The number of halogens is 1. The van der Waals surface area contributed by atoms with Gasteiger partial charge in [-0.2, -0.15) is 0 Å². The lowest BCUT2D eigenvalue weighted by Gasteiger charge is -2.45. The van der Waals surface area contributed by atoms with Crippen molar-refractivity contribution < 1.29 is 0 Å². The monoisotopic (exact) mass is 369 g/mol. The summed E-state index contributed by atoms with van der Waals surface area (Å²) < 4.78 is 4.50. The van der Waals surface area contributed by atoms with Crippen molar-refractivity contribution in [3.8, 4) is 0 Å². The lowest BCUT2D eigenvalue weighted by molar-refractivity contribution is 0.0555. The van der Waals surface area contributed by atoms with E-state index in [-0.39, 0.29) is 18.0 Å². The standard InChI is InChI=1S/C21H23N3O.ClH/c25-21-19-16-5-1-2-6-17(16)23-9-3-4-15(20(19)23)12-24(21)18-13-22-10-7-14(18)8-11-22;/h1-2,5-6,12,14,18H,3-4,7-11,13H2;1H/t18-;/m1./s1. The van der Waals surface area contributed by atoms with Gasteiger partial charge in [0.1, 0.15) is 0 Å². The van der Waals surface area contributed by atoms with E-state index in [4.69, 9.17) is 0 Å². The van der Waals surface area contributed by atoms with Gasteiger partial charge in [-0.1, -0.05) is 18.2 Å². The van der Waals surface area contributed by atoms with Crippen LogP contribution in [0.5, 0.6) is 0 Å². The molecule has 0 radical (unpaired) electrons. The summed E-state index contributed by atoms with van der Waals surface area (Å²) in [6.07, 6.45) is 6.96. The van der Waals surface area contributed by atoms with Gasteiger partial charge in [0.2, 0.25) is 0 Å². The van der Waals surface area contributed by atoms with Gasteiger partial charge in [-0.15, -0.1) is 12.4 Å². The zero-order valence-corrected chi connectivity index (χ0v) is 15.7. The number of nitrogens with zero attached hydrogens (tertiary/aromatic N) is 3. The first kappa shape index (κ1) is 16.4. The van der Waals surface area contributed by atoms with Crippen LogP contribution in [0.4, 0.5) is 0 Å². The summed E-state index contributed by atoms with van der Waals surface area (Å²) in [5.41, 5.74) is 4.03. The summed E-state index contributed by atoms with van der Waals surface area (Å²) in [5.74, 6) is 0.671. The second-order valence-corrected chi connectivity index (χ2v) is 8.07. The second kappa shape index (κ2) is 5.86. The normalized spacial score (nSPS) is 27.0. The molecule has 136 valence electrons. The summed E-state index contributed by atoms with van der Waals surface area (Å²) in [6, 6.07) is 8.81. The van der Waals surface area contributed by atoms with E-state index in [9.17, 15) is 4.79 Å². The Bertz CT molecular complexity index is 1060. The summed E-state index contributed by atoms with van der Waals surface area (Å²) in [4.78, 5) is 16.1. The Morgan fingerprint density at radius 2 is 1.85 bits per heavy atom. The highest BCUT2D eigenvalue weighted by Crippen LogP contribution is 2.37. The molecular weight excluding hydrogens is 346 g/mol. The minimum Gasteiger partial charge on any atom is -0.340 e. The van der Waals surface area contributed by atoms with Crippen LogP contribution in [0.2, 0.25) is 0 Å². The van der Waals surface area contributed by atoms with Crippen molar-refractivity contribution in [2.24, 2.45) is 5.92 Å². The van der Waals surface area contributed by atoms with Gasteiger partial charge in [0.15, 0.2) is 0 Å². The highest BCUT2D eigenvalue weighted by Gasteiger charge is 2.36. The molecule has 3 aromatic rings. The number of benzene rings is 1. The van der Waals surface area contributed by atoms with Gasteiger partial charge in [-0.3, -0.25) is 4.79 Å². The lowest BCUT2D eigenvalue weighted by Crippen LogP contribution is -2.50. The maximum absolute atomic E-state index is 13.6. The molecule has 7 rings (SSSR count). The molecule has 0 aliphatic carbocycles. The van der Waals surface area contributed by atoms with E-state index in [0.717, 1.165) is 30.3 Å². The zero-order valence-electron chi connectivity index (χ0n) is 14.9. The summed E-state index contributed by atoms with van der Waals surface area (Å²) in [6.45, 7) is 4.50. The van der Waals surface area contributed by atoms with E-state index < -0.39 is 0 Å². The van der Waals surface area contributed by atoms with Crippen LogP contribution in [0.25, 0.3) is 21.8 Å². The van der Waals surface area contributed by atoms with Crippen molar-refractivity contribution in [1.29, 1.82) is 0 Å².